The van der Waals surface area contributed by atoms with Crippen LogP contribution in [0.25, 0.3) is 0 Å². The van der Waals surface area contributed by atoms with Gasteiger partial charge in [-0.25, -0.2) is 9.59 Å². The number of carbonyl (C=O) groups excluding carboxylic acids is 2. The zero-order valence-corrected chi connectivity index (χ0v) is 18.7. The van der Waals surface area contributed by atoms with Gasteiger partial charge in [-0.15, -0.1) is 0 Å². The molecule has 0 heterocycles. The maximum Gasteiger partial charge on any atom is 0.351 e. The minimum Gasteiger partial charge on any atom is -0.539 e. The quantitative estimate of drug-likeness (QED) is 0.237. The van der Waals surface area contributed by atoms with Gasteiger partial charge in [0.25, 0.3) is 0 Å². The van der Waals surface area contributed by atoms with Gasteiger partial charge in [-0.3, -0.25) is 0 Å². The summed E-state index contributed by atoms with van der Waals surface area (Å²) in [5, 5.41) is 38.2. The van der Waals surface area contributed by atoms with E-state index >= 15 is 0 Å². The molecule has 0 saturated heterocycles. The Kier molecular flexibility index (Phi) is 15.3. The average molecular weight is 483 g/mol. The molecule has 0 aliphatic heterocycles. The van der Waals surface area contributed by atoms with Gasteiger partial charge in [0, 0.05) is 16.1 Å². The van der Waals surface area contributed by atoms with E-state index < -0.39 is 23.9 Å². The Morgan fingerprint density at radius 2 is 1.27 bits per heavy atom. The van der Waals surface area contributed by atoms with Gasteiger partial charge in [0.15, 0.2) is 11.9 Å². The van der Waals surface area contributed by atoms with Crippen LogP contribution in [0.3, 0.4) is 0 Å². The highest BCUT2D eigenvalue weighted by atomic mass is 35.5. The lowest BCUT2D eigenvalue weighted by atomic mass is 9.99. The van der Waals surface area contributed by atoms with Crippen LogP contribution in [0.4, 0.5) is 0 Å². The van der Waals surface area contributed by atoms with Crippen molar-refractivity contribution in [2.75, 3.05) is 19.6 Å². The predicted octanol–water partition coefficient (Wildman–Crippen LogP) is -2.39. The number of nitrogens with two attached hydrogens (primary N) is 2. The van der Waals surface area contributed by atoms with E-state index in [1.54, 1.807) is 0 Å². The zero-order chi connectivity index (χ0) is 25.2. The molecule has 0 fully saturated rings. The summed E-state index contributed by atoms with van der Waals surface area (Å²) in [5.74, 6) is -8.02. The van der Waals surface area contributed by atoms with Gasteiger partial charge in [-0.05, 0) is 18.6 Å². The molecule has 10 nitrogen and oxygen atoms in total. The summed E-state index contributed by atoms with van der Waals surface area (Å²) in [6, 6.07) is 19.2. The molecule has 11 heteroatoms. The Morgan fingerprint density at radius 1 is 0.818 bits per heavy atom. The summed E-state index contributed by atoms with van der Waals surface area (Å²) < 4.78 is 0. The first-order chi connectivity index (χ1) is 15.6. The van der Waals surface area contributed by atoms with Crippen molar-refractivity contribution in [3.05, 3.63) is 70.7 Å². The fourth-order valence-corrected chi connectivity index (χ4v) is 2.65. The highest BCUT2D eigenvalue weighted by Gasteiger charge is 2.17. The number of aliphatic carboxylic acids is 4. The van der Waals surface area contributed by atoms with Gasteiger partial charge in [-0.2, -0.15) is 0 Å². The first-order valence-electron chi connectivity index (χ1n) is 9.94. The van der Waals surface area contributed by atoms with Crippen molar-refractivity contribution in [3.63, 3.8) is 0 Å². The largest absolute Gasteiger partial charge is 0.539 e. The van der Waals surface area contributed by atoms with Gasteiger partial charge in [0.05, 0.1) is 6.54 Å². The van der Waals surface area contributed by atoms with Crippen LogP contribution in [-0.2, 0) is 19.2 Å². The van der Waals surface area contributed by atoms with Crippen LogP contribution in [0.15, 0.2) is 54.6 Å². The second kappa shape index (κ2) is 17.1. The molecule has 2 rings (SSSR count). The molecule has 2 aromatic rings. The van der Waals surface area contributed by atoms with Crippen molar-refractivity contribution < 1.29 is 50.2 Å². The molecular weight excluding hydrogens is 456 g/mol. The maximum atomic E-state index is 9.04. The summed E-state index contributed by atoms with van der Waals surface area (Å²) in [6.07, 6.45) is 1.24. The summed E-state index contributed by atoms with van der Waals surface area (Å²) >= 11 is 6.01. The van der Waals surface area contributed by atoms with Crippen LogP contribution in [-0.4, -0.2) is 53.7 Å². The number of hydrogen-bond acceptors (Lipinski definition) is 6. The minimum atomic E-state index is -2.07. The van der Waals surface area contributed by atoms with Crippen LogP contribution in [0.1, 0.15) is 30.5 Å². The third kappa shape index (κ3) is 14.3. The molecule has 0 radical (unpaired) electrons. The lowest BCUT2D eigenvalue weighted by Crippen LogP contribution is -2.95. The van der Waals surface area contributed by atoms with E-state index in [1.165, 1.54) is 24.1 Å². The summed E-state index contributed by atoms with van der Waals surface area (Å²) in [5.41, 5.74) is 2.65. The number of hydrogen-bond donors (Lipinski definition) is 4. The number of quaternary nitrogens is 2. The van der Waals surface area contributed by atoms with Crippen molar-refractivity contribution in [2.24, 2.45) is 0 Å². The minimum absolute atomic E-state index is 0.346. The molecule has 2 aromatic carbocycles. The van der Waals surface area contributed by atoms with Crippen molar-refractivity contribution in [1.82, 2.24) is 0 Å². The summed E-state index contributed by atoms with van der Waals surface area (Å²) in [4.78, 5) is 36.1. The van der Waals surface area contributed by atoms with Crippen LogP contribution in [0, 0.1) is 0 Å². The van der Waals surface area contributed by atoms with E-state index in [0.29, 0.717) is 6.04 Å². The van der Waals surface area contributed by atoms with Gasteiger partial charge in [0.2, 0.25) is 0 Å². The molecule has 0 amide bonds. The lowest BCUT2D eigenvalue weighted by Gasteiger charge is -2.16. The van der Waals surface area contributed by atoms with Crippen LogP contribution >= 0.6 is 11.6 Å². The van der Waals surface area contributed by atoms with E-state index in [1.807, 2.05) is 12.1 Å². The van der Waals surface area contributed by atoms with Gasteiger partial charge in [0.1, 0.15) is 19.1 Å². The number of carboxylic acids is 4. The first-order valence-corrected chi connectivity index (χ1v) is 10.3. The molecule has 0 aromatic heterocycles. The van der Waals surface area contributed by atoms with Crippen molar-refractivity contribution in [2.45, 2.75) is 19.4 Å². The van der Waals surface area contributed by atoms with E-state index in [4.69, 9.17) is 51.2 Å². The van der Waals surface area contributed by atoms with Crippen molar-refractivity contribution in [1.29, 1.82) is 0 Å². The molecule has 180 valence electrons. The smallest absolute Gasteiger partial charge is 0.351 e. The van der Waals surface area contributed by atoms with Gasteiger partial charge < -0.3 is 40.6 Å². The fourth-order valence-electron chi connectivity index (χ4n) is 2.52. The SMILES string of the molecule is CCC[NH2+]CC[NH2+]C(c1ccccc1)c1ccc(Cl)cc1.O=C([O-])C(=O)O.O=C([O-])C(=O)O. The second-order valence-electron chi connectivity index (χ2n) is 6.52. The molecule has 0 bridgehead atoms. The number of benzene rings is 2. The third-order valence-electron chi connectivity index (χ3n) is 4.00. The molecular formula is C22H27ClN2O8. The number of rotatable bonds is 8. The molecule has 0 saturated carbocycles. The molecule has 6 N–H and O–H groups in total. The topological polar surface area (TPSA) is 188 Å². The molecule has 1 atom stereocenters. The molecule has 0 spiro atoms. The standard InChI is InChI=1S/C18H23ClN2.2C2H2O4/c1-2-12-20-13-14-21-18(15-6-4-3-5-7-15)16-8-10-17(19)11-9-16;2*3-1(4)2(5)6/h3-11,18,20-21H,2,12-14H2,1H3;2*(H,3,4)(H,5,6). The molecule has 0 aliphatic rings. The van der Waals surface area contributed by atoms with Crippen molar-refractivity contribution >= 4 is 35.5 Å². The van der Waals surface area contributed by atoms with E-state index in [9.17, 15) is 0 Å². The normalized spacial score (nSPS) is 10.5. The molecule has 33 heavy (non-hydrogen) atoms. The maximum absolute atomic E-state index is 9.04. The van der Waals surface area contributed by atoms with Crippen LogP contribution in [0.2, 0.25) is 5.02 Å². The summed E-state index contributed by atoms with van der Waals surface area (Å²) in [7, 11) is 0. The number of halogens is 1. The molecule has 0 aliphatic carbocycles. The first kappa shape index (κ1) is 29.5. The average Bonchev–Trinajstić information content (AvgIpc) is 2.78. The molecule has 1 unspecified atom stereocenters. The second-order valence-corrected chi connectivity index (χ2v) is 6.95. The Balaban J connectivity index is 0.000000705. The van der Waals surface area contributed by atoms with Crippen molar-refractivity contribution in [3.8, 4) is 0 Å². The van der Waals surface area contributed by atoms with E-state index in [2.05, 4.69) is 60.0 Å². The zero-order valence-electron chi connectivity index (χ0n) is 18.0. The number of carbonyl (C=O) groups is 4. The Hall–Kier alpha value is -3.47. The number of carboxylic acid groups (broad SMARTS) is 4. The predicted molar refractivity (Wildman–Crippen MR) is 114 cm³/mol. The Labute approximate surface area is 195 Å². The highest BCUT2D eigenvalue weighted by Crippen LogP contribution is 2.20. The third-order valence-corrected chi connectivity index (χ3v) is 4.25. The Bertz CT molecular complexity index is 828. The van der Waals surface area contributed by atoms with Gasteiger partial charge in [-0.1, -0.05) is 61.0 Å². The van der Waals surface area contributed by atoms with Crippen LogP contribution < -0.4 is 20.8 Å². The Morgan fingerprint density at radius 3 is 1.70 bits per heavy atom. The van der Waals surface area contributed by atoms with Gasteiger partial charge >= 0.3 is 11.9 Å². The monoisotopic (exact) mass is 482 g/mol. The van der Waals surface area contributed by atoms with Crippen LogP contribution in [0.5, 0.6) is 0 Å². The van der Waals surface area contributed by atoms with E-state index in [-0.39, 0.29) is 0 Å². The fraction of sp³-hybridized carbons (Fsp3) is 0.273. The lowest BCUT2D eigenvalue weighted by molar-refractivity contribution is -0.739. The summed E-state index contributed by atoms with van der Waals surface area (Å²) in [6.45, 7) is 5.71. The van der Waals surface area contributed by atoms with E-state index in [0.717, 1.165) is 18.1 Å². The highest BCUT2D eigenvalue weighted by molar-refractivity contribution is 6.30.